The number of amides is 2. The molecule has 0 aromatic heterocycles. The van der Waals surface area contributed by atoms with E-state index < -0.39 is 0 Å². The van der Waals surface area contributed by atoms with Crippen molar-refractivity contribution in [2.45, 2.75) is 45.2 Å². The second kappa shape index (κ2) is 5.04. The van der Waals surface area contributed by atoms with Crippen molar-refractivity contribution >= 4 is 6.03 Å². The molecule has 0 aliphatic carbocycles. The van der Waals surface area contributed by atoms with Crippen LogP contribution in [0, 0.1) is 5.92 Å². The van der Waals surface area contributed by atoms with E-state index >= 15 is 0 Å². The van der Waals surface area contributed by atoms with Crippen molar-refractivity contribution in [3.8, 4) is 0 Å². The first-order valence-corrected chi connectivity index (χ1v) is 6.44. The number of urea groups is 1. The van der Waals surface area contributed by atoms with Crippen LogP contribution < -0.4 is 10.6 Å². The Morgan fingerprint density at radius 3 is 2.94 bits per heavy atom. The molecule has 2 unspecified atom stereocenters. The number of rotatable bonds is 3. The standard InChI is InChI=1S/C12H23N3O/c1-9(2)6-10-8-15(12(16)14-10)11-4-3-5-13-7-11/h9-11,13H,3-8H2,1-2H3,(H,14,16). The molecule has 4 heteroatoms. The highest BCUT2D eigenvalue weighted by Crippen LogP contribution is 2.18. The third-order valence-corrected chi connectivity index (χ3v) is 3.47. The van der Waals surface area contributed by atoms with E-state index in [0.29, 0.717) is 18.0 Å². The van der Waals surface area contributed by atoms with Gasteiger partial charge in [-0.1, -0.05) is 13.8 Å². The van der Waals surface area contributed by atoms with E-state index in [1.165, 1.54) is 6.42 Å². The number of nitrogens with zero attached hydrogens (tertiary/aromatic N) is 1. The Morgan fingerprint density at radius 2 is 2.31 bits per heavy atom. The number of hydrogen-bond donors (Lipinski definition) is 2. The Balaban J connectivity index is 1.88. The predicted octanol–water partition coefficient (Wildman–Crippen LogP) is 1.18. The van der Waals surface area contributed by atoms with Gasteiger partial charge < -0.3 is 15.5 Å². The van der Waals surface area contributed by atoms with E-state index in [2.05, 4.69) is 24.5 Å². The van der Waals surface area contributed by atoms with E-state index in [9.17, 15) is 4.79 Å². The Kier molecular flexibility index (Phi) is 3.69. The summed E-state index contributed by atoms with van der Waals surface area (Å²) in [6.45, 7) is 7.36. The third-order valence-electron chi connectivity index (χ3n) is 3.47. The van der Waals surface area contributed by atoms with Gasteiger partial charge in [-0.05, 0) is 31.7 Å². The molecule has 0 spiro atoms. The maximum Gasteiger partial charge on any atom is 0.318 e. The summed E-state index contributed by atoms with van der Waals surface area (Å²) in [6, 6.07) is 0.902. The van der Waals surface area contributed by atoms with Crippen LogP contribution >= 0.6 is 0 Å². The average molecular weight is 225 g/mol. The van der Waals surface area contributed by atoms with Crippen LogP contribution in [-0.2, 0) is 0 Å². The summed E-state index contributed by atoms with van der Waals surface area (Å²) in [5.41, 5.74) is 0. The zero-order valence-corrected chi connectivity index (χ0v) is 10.3. The molecule has 2 aliphatic heterocycles. The summed E-state index contributed by atoms with van der Waals surface area (Å²) in [7, 11) is 0. The fraction of sp³-hybridized carbons (Fsp3) is 0.917. The van der Waals surface area contributed by atoms with E-state index in [1.807, 2.05) is 4.90 Å². The fourth-order valence-electron chi connectivity index (χ4n) is 2.74. The summed E-state index contributed by atoms with van der Waals surface area (Å²) in [5, 5.41) is 6.46. The van der Waals surface area contributed by atoms with Gasteiger partial charge in [-0.15, -0.1) is 0 Å². The van der Waals surface area contributed by atoms with Gasteiger partial charge in [0.1, 0.15) is 0 Å². The molecule has 2 fully saturated rings. The molecule has 2 aliphatic rings. The van der Waals surface area contributed by atoms with Crippen LogP contribution in [0.25, 0.3) is 0 Å². The van der Waals surface area contributed by atoms with Crippen LogP contribution in [0.4, 0.5) is 4.79 Å². The van der Waals surface area contributed by atoms with Crippen molar-refractivity contribution in [2.75, 3.05) is 19.6 Å². The molecule has 0 aromatic carbocycles. The number of carbonyl (C=O) groups excluding carboxylic acids is 1. The van der Waals surface area contributed by atoms with Gasteiger partial charge in [0.05, 0.1) is 0 Å². The van der Waals surface area contributed by atoms with Gasteiger partial charge in [0.25, 0.3) is 0 Å². The third kappa shape index (κ3) is 2.67. The average Bonchev–Trinajstić information content (AvgIpc) is 2.60. The fourth-order valence-corrected chi connectivity index (χ4v) is 2.74. The lowest BCUT2D eigenvalue weighted by Gasteiger charge is -2.30. The van der Waals surface area contributed by atoms with Crippen molar-refractivity contribution in [1.82, 2.24) is 15.5 Å². The van der Waals surface area contributed by atoms with Crippen LogP contribution in [-0.4, -0.2) is 42.6 Å². The zero-order valence-electron chi connectivity index (χ0n) is 10.3. The van der Waals surface area contributed by atoms with Crippen LogP contribution in [0.1, 0.15) is 33.1 Å². The lowest BCUT2D eigenvalue weighted by atomic mass is 10.0. The highest BCUT2D eigenvalue weighted by molar-refractivity contribution is 5.77. The maximum atomic E-state index is 11.9. The van der Waals surface area contributed by atoms with E-state index in [1.54, 1.807) is 0 Å². The lowest BCUT2D eigenvalue weighted by molar-refractivity contribution is 0.183. The molecule has 0 aromatic rings. The topological polar surface area (TPSA) is 44.4 Å². The monoisotopic (exact) mass is 225 g/mol. The van der Waals surface area contributed by atoms with Gasteiger partial charge in [-0.2, -0.15) is 0 Å². The van der Waals surface area contributed by atoms with E-state index in [0.717, 1.165) is 32.5 Å². The molecule has 0 radical (unpaired) electrons. The zero-order chi connectivity index (χ0) is 11.5. The second-order valence-corrected chi connectivity index (χ2v) is 5.43. The minimum Gasteiger partial charge on any atom is -0.333 e. The number of nitrogens with one attached hydrogen (secondary N) is 2. The van der Waals surface area contributed by atoms with Gasteiger partial charge in [0, 0.05) is 25.2 Å². The predicted molar refractivity (Wildman–Crippen MR) is 64.4 cm³/mol. The minimum atomic E-state index is 0.138. The van der Waals surface area contributed by atoms with Gasteiger partial charge in [-0.3, -0.25) is 0 Å². The highest BCUT2D eigenvalue weighted by atomic mass is 16.2. The van der Waals surface area contributed by atoms with Crippen molar-refractivity contribution < 1.29 is 4.79 Å². The first-order chi connectivity index (χ1) is 7.66. The Morgan fingerprint density at radius 1 is 1.50 bits per heavy atom. The first-order valence-electron chi connectivity index (χ1n) is 6.44. The Hall–Kier alpha value is -0.770. The number of hydrogen-bond acceptors (Lipinski definition) is 2. The molecule has 0 saturated carbocycles. The van der Waals surface area contributed by atoms with E-state index in [4.69, 9.17) is 0 Å². The number of carbonyl (C=O) groups is 1. The molecule has 92 valence electrons. The molecule has 2 rings (SSSR count). The Bertz CT molecular complexity index is 249. The quantitative estimate of drug-likeness (QED) is 0.757. The molecule has 2 amide bonds. The lowest BCUT2D eigenvalue weighted by Crippen LogP contribution is -2.47. The SMILES string of the molecule is CC(C)CC1CN(C2CCCNC2)C(=O)N1. The molecule has 4 nitrogen and oxygen atoms in total. The second-order valence-electron chi connectivity index (χ2n) is 5.43. The summed E-state index contributed by atoms with van der Waals surface area (Å²) >= 11 is 0. The minimum absolute atomic E-state index is 0.138. The van der Waals surface area contributed by atoms with Gasteiger partial charge in [-0.25, -0.2) is 4.79 Å². The van der Waals surface area contributed by atoms with E-state index in [-0.39, 0.29) is 6.03 Å². The molecule has 2 saturated heterocycles. The van der Waals surface area contributed by atoms with Crippen molar-refractivity contribution in [3.63, 3.8) is 0 Å². The van der Waals surface area contributed by atoms with Crippen LogP contribution in [0.3, 0.4) is 0 Å². The highest BCUT2D eigenvalue weighted by Gasteiger charge is 2.34. The summed E-state index contributed by atoms with van der Waals surface area (Å²) in [5.74, 6) is 0.648. The van der Waals surface area contributed by atoms with Crippen molar-refractivity contribution in [2.24, 2.45) is 5.92 Å². The Labute approximate surface area is 97.8 Å². The van der Waals surface area contributed by atoms with Gasteiger partial charge in [0.2, 0.25) is 0 Å². The largest absolute Gasteiger partial charge is 0.333 e. The first kappa shape index (κ1) is 11.7. The molecule has 0 bridgehead atoms. The number of piperidine rings is 1. The normalized spacial score (nSPS) is 30.9. The van der Waals surface area contributed by atoms with Crippen LogP contribution in [0.15, 0.2) is 0 Å². The van der Waals surface area contributed by atoms with Crippen molar-refractivity contribution in [3.05, 3.63) is 0 Å². The molecule has 2 heterocycles. The summed E-state index contributed by atoms with van der Waals surface area (Å²) in [4.78, 5) is 13.9. The smallest absolute Gasteiger partial charge is 0.318 e. The molecule has 16 heavy (non-hydrogen) atoms. The molecule has 2 atom stereocenters. The van der Waals surface area contributed by atoms with Gasteiger partial charge >= 0.3 is 6.03 Å². The summed E-state index contributed by atoms with van der Waals surface area (Å²) < 4.78 is 0. The summed E-state index contributed by atoms with van der Waals surface area (Å²) in [6.07, 6.45) is 3.42. The maximum absolute atomic E-state index is 11.9. The molecular formula is C12H23N3O. The van der Waals surface area contributed by atoms with Gasteiger partial charge in [0.15, 0.2) is 0 Å². The van der Waals surface area contributed by atoms with Crippen LogP contribution in [0.5, 0.6) is 0 Å². The molecule has 2 N–H and O–H groups in total. The van der Waals surface area contributed by atoms with Crippen LogP contribution in [0.2, 0.25) is 0 Å². The van der Waals surface area contributed by atoms with Crippen molar-refractivity contribution in [1.29, 1.82) is 0 Å². The molecular weight excluding hydrogens is 202 g/mol.